The van der Waals surface area contributed by atoms with Gasteiger partial charge in [-0.1, -0.05) is 29.4 Å². The highest BCUT2D eigenvalue weighted by molar-refractivity contribution is 5.61. The van der Waals surface area contributed by atoms with Gasteiger partial charge in [0, 0.05) is 16.7 Å². The van der Waals surface area contributed by atoms with E-state index in [2.05, 4.69) is 20.6 Å². The van der Waals surface area contributed by atoms with E-state index in [0.29, 0.717) is 23.8 Å². The van der Waals surface area contributed by atoms with Crippen molar-refractivity contribution >= 4 is 0 Å². The van der Waals surface area contributed by atoms with Crippen LogP contribution in [0.5, 0.6) is 0 Å². The highest BCUT2D eigenvalue weighted by Crippen LogP contribution is 2.26. The summed E-state index contributed by atoms with van der Waals surface area (Å²) in [5.41, 5.74) is 4.38. The molecule has 0 amide bonds. The molecule has 130 valence electrons. The predicted molar refractivity (Wildman–Crippen MR) is 93.7 cm³/mol. The van der Waals surface area contributed by atoms with Gasteiger partial charge in [0.2, 0.25) is 5.82 Å². The molecule has 0 aliphatic carbocycles. The molecule has 0 unspecified atom stereocenters. The second-order valence-electron chi connectivity index (χ2n) is 6.05. The maximum absolute atomic E-state index is 13.1. The summed E-state index contributed by atoms with van der Waals surface area (Å²) >= 11 is 0. The number of halogens is 1. The van der Waals surface area contributed by atoms with Crippen LogP contribution in [0.2, 0.25) is 0 Å². The number of nitrogens with zero attached hydrogens (tertiary/aromatic N) is 5. The average Bonchev–Trinajstić information content (AvgIpc) is 3.24. The Morgan fingerprint density at radius 2 is 1.81 bits per heavy atom. The largest absolute Gasteiger partial charge is 0.356 e. The first-order valence-corrected chi connectivity index (χ1v) is 8.16. The number of hydrogen-bond donors (Lipinski definition) is 0. The van der Waals surface area contributed by atoms with Crippen molar-refractivity contribution in [1.82, 2.24) is 25.4 Å². The molecule has 2 aromatic heterocycles. The van der Waals surface area contributed by atoms with E-state index in [1.54, 1.807) is 12.1 Å². The lowest BCUT2D eigenvalue weighted by atomic mass is 10.1. The Morgan fingerprint density at radius 3 is 2.58 bits per heavy atom. The Labute approximate surface area is 149 Å². The van der Waals surface area contributed by atoms with Crippen LogP contribution >= 0.6 is 0 Å². The molecule has 0 spiro atoms. The zero-order chi connectivity index (χ0) is 18.1. The fraction of sp³-hybridized carbons (Fsp3) is 0.158. The lowest BCUT2D eigenvalue weighted by molar-refractivity contribution is 0.415. The van der Waals surface area contributed by atoms with Crippen molar-refractivity contribution in [2.45, 2.75) is 20.4 Å². The van der Waals surface area contributed by atoms with Gasteiger partial charge < -0.3 is 4.52 Å². The first-order valence-electron chi connectivity index (χ1n) is 8.16. The summed E-state index contributed by atoms with van der Waals surface area (Å²) in [5.74, 6) is 0.893. The number of tetrazole rings is 1. The predicted octanol–water partition coefficient (Wildman–Crippen LogP) is 3.80. The minimum atomic E-state index is -0.290. The molecule has 2 aromatic carbocycles. The van der Waals surface area contributed by atoms with Crippen LogP contribution in [0.25, 0.3) is 22.7 Å². The number of rotatable bonds is 4. The maximum atomic E-state index is 13.1. The minimum Gasteiger partial charge on any atom is -0.356 e. The second-order valence-corrected chi connectivity index (χ2v) is 6.05. The fourth-order valence-electron chi connectivity index (χ4n) is 2.76. The molecule has 7 heteroatoms. The summed E-state index contributed by atoms with van der Waals surface area (Å²) in [6, 6.07) is 14.0. The monoisotopic (exact) mass is 349 g/mol. The number of aromatic nitrogens is 5. The molecule has 0 saturated carbocycles. The zero-order valence-corrected chi connectivity index (χ0v) is 14.3. The standard InChI is InChI=1S/C19H16FN5O/c1-12-5-3-4-6-16(12)19-21-24-25(22-19)11-17-13(2)18(26-23-17)14-7-9-15(20)10-8-14/h3-10H,11H2,1-2H3. The van der Waals surface area contributed by atoms with E-state index in [9.17, 15) is 4.39 Å². The molecule has 0 aliphatic rings. The van der Waals surface area contributed by atoms with Gasteiger partial charge in [0.05, 0.1) is 0 Å². The van der Waals surface area contributed by atoms with E-state index in [4.69, 9.17) is 4.52 Å². The molecule has 2 heterocycles. The Bertz CT molecular complexity index is 1050. The highest BCUT2D eigenvalue weighted by Gasteiger charge is 2.16. The molecule has 0 fully saturated rings. The van der Waals surface area contributed by atoms with Gasteiger partial charge >= 0.3 is 0 Å². The van der Waals surface area contributed by atoms with Crippen LogP contribution in [0.4, 0.5) is 4.39 Å². The van der Waals surface area contributed by atoms with E-state index in [1.165, 1.54) is 16.9 Å². The lowest BCUT2D eigenvalue weighted by Gasteiger charge is -1.99. The normalized spacial score (nSPS) is 11.0. The molecule has 26 heavy (non-hydrogen) atoms. The van der Waals surface area contributed by atoms with E-state index in [0.717, 1.165) is 22.3 Å². The molecule has 4 rings (SSSR count). The van der Waals surface area contributed by atoms with Crippen molar-refractivity contribution in [3.05, 3.63) is 71.2 Å². The molecule has 0 atom stereocenters. The molecule has 0 bridgehead atoms. The molecule has 0 saturated heterocycles. The van der Waals surface area contributed by atoms with Crippen LogP contribution in [0.15, 0.2) is 53.1 Å². The van der Waals surface area contributed by atoms with Crippen LogP contribution in [-0.4, -0.2) is 25.4 Å². The number of benzene rings is 2. The van der Waals surface area contributed by atoms with Gasteiger partial charge in [-0.05, 0) is 48.9 Å². The highest BCUT2D eigenvalue weighted by atomic mass is 19.1. The summed E-state index contributed by atoms with van der Waals surface area (Å²) < 4.78 is 18.5. The third kappa shape index (κ3) is 2.99. The van der Waals surface area contributed by atoms with Gasteiger partial charge in [0.1, 0.15) is 18.1 Å². The van der Waals surface area contributed by atoms with Crippen LogP contribution in [0.1, 0.15) is 16.8 Å². The van der Waals surface area contributed by atoms with Gasteiger partial charge in [-0.2, -0.15) is 4.80 Å². The van der Waals surface area contributed by atoms with Crippen molar-refractivity contribution in [3.63, 3.8) is 0 Å². The van der Waals surface area contributed by atoms with Crippen molar-refractivity contribution in [1.29, 1.82) is 0 Å². The quantitative estimate of drug-likeness (QED) is 0.560. The van der Waals surface area contributed by atoms with Gasteiger partial charge in [0.25, 0.3) is 0 Å². The van der Waals surface area contributed by atoms with Gasteiger partial charge in [-0.15, -0.1) is 10.2 Å². The first kappa shape index (κ1) is 16.1. The molecule has 4 aromatic rings. The molecular formula is C19H16FN5O. The minimum absolute atomic E-state index is 0.290. The van der Waals surface area contributed by atoms with Gasteiger partial charge in [0.15, 0.2) is 5.76 Å². The molecular weight excluding hydrogens is 333 g/mol. The molecule has 0 aliphatic heterocycles. The van der Waals surface area contributed by atoms with Crippen LogP contribution in [0.3, 0.4) is 0 Å². The Balaban J connectivity index is 1.59. The van der Waals surface area contributed by atoms with E-state index >= 15 is 0 Å². The Kier molecular flexibility index (Phi) is 4.04. The van der Waals surface area contributed by atoms with E-state index in [-0.39, 0.29) is 5.82 Å². The third-order valence-electron chi connectivity index (χ3n) is 4.26. The van der Waals surface area contributed by atoms with E-state index in [1.807, 2.05) is 38.1 Å². The van der Waals surface area contributed by atoms with Crippen molar-refractivity contribution in [2.75, 3.05) is 0 Å². The first-order chi connectivity index (χ1) is 12.6. The topological polar surface area (TPSA) is 69.6 Å². The number of aryl methyl sites for hydroxylation is 1. The van der Waals surface area contributed by atoms with Crippen molar-refractivity contribution < 1.29 is 8.91 Å². The second kappa shape index (κ2) is 6.51. The maximum Gasteiger partial charge on any atom is 0.205 e. The molecule has 6 nitrogen and oxygen atoms in total. The van der Waals surface area contributed by atoms with Crippen LogP contribution in [-0.2, 0) is 6.54 Å². The summed E-state index contributed by atoms with van der Waals surface area (Å²) in [5, 5.41) is 16.8. The summed E-state index contributed by atoms with van der Waals surface area (Å²) in [6.07, 6.45) is 0. The van der Waals surface area contributed by atoms with Crippen LogP contribution < -0.4 is 0 Å². The Hall–Kier alpha value is -3.35. The third-order valence-corrected chi connectivity index (χ3v) is 4.26. The zero-order valence-electron chi connectivity index (χ0n) is 14.3. The SMILES string of the molecule is Cc1ccccc1-c1nnn(Cc2noc(-c3ccc(F)cc3)c2C)n1. The smallest absolute Gasteiger partial charge is 0.205 e. The number of hydrogen-bond acceptors (Lipinski definition) is 5. The molecule has 0 radical (unpaired) electrons. The summed E-state index contributed by atoms with van der Waals surface area (Å²) in [4.78, 5) is 1.49. The average molecular weight is 349 g/mol. The van der Waals surface area contributed by atoms with Gasteiger partial charge in [-0.3, -0.25) is 0 Å². The summed E-state index contributed by atoms with van der Waals surface area (Å²) in [7, 11) is 0. The van der Waals surface area contributed by atoms with Crippen molar-refractivity contribution in [3.8, 4) is 22.7 Å². The van der Waals surface area contributed by atoms with Crippen LogP contribution in [0, 0.1) is 19.7 Å². The van der Waals surface area contributed by atoms with Gasteiger partial charge in [-0.25, -0.2) is 4.39 Å². The lowest BCUT2D eigenvalue weighted by Crippen LogP contribution is -2.05. The van der Waals surface area contributed by atoms with Crippen molar-refractivity contribution in [2.24, 2.45) is 0 Å². The summed E-state index contributed by atoms with van der Waals surface area (Å²) in [6.45, 7) is 4.26. The Morgan fingerprint density at radius 1 is 1.04 bits per heavy atom. The fourth-order valence-corrected chi connectivity index (χ4v) is 2.76. The van der Waals surface area contributed by atoms with E-state index < -0.39 is 0 Å². The molecule has 0 N–H and O–H groups in total.